The number of hydrogen-bond acceptors (Lipinski definition) is 4. The van der Waals surface area contributed by atoms with Crippen molar-refractivity contribution in [2.75, 3.05) is 32.7 Å². The minimum Gasteiger partial charge on any atom is -0.383 e. The Bertz CT molecular complexity index is 286. The Morgan fingerprint density at radius 1 is 1.06 bits per heavy atom. The number of methoxy groups -OCH3 is 1. The number of amides is 4. The molecule has 0 aliphatic carbocycles. The maximum atomic E-state index is 11.2. The molecule has 0 fully saturated rings. The van der Waals surface area contributed by atoms with Gasteiger partial charge in [-0.3, -0.25) is 14.9 Å². The van der Waals surface area contributed by atoms with Gasteiger partial charge < -0.3 is 15.4 Å². The number of imide groups is 1. The zero-order chi connectivity index (χ0) is 13.8. The van der Waals surface area contributed by atoms with E-state index in [-0.39, 0.29) is 31.2 Å². The molecule has 0 unspecified atom stereocenters. The number of hydrogen-bond donors (Lipinski definition) is 3. The number of urea groups is 1. The van der Waals surface area contributed by atoms with E-state index in [1.54, 1.807) is 0 Å². The van der Waals surface area contributed by atoms with E-state index in [9.17, 15) is 14.4 Å². The summed E-state index contributed by atoms with van der Waals surface area (Å²) in [5.74, 6) is -0.493. The first-order chi connectivity index (χ1) is 8.60. The van der Waals surface area contributed by atoms with E-state index in [1.807, 2.05) is 0 Å². The van der Waals surface area contributed by atoms with Gasteiger partial charge in [0.05, 0.1) is 6.61 Å². The van der Waals surface area contributed by atoms with Crippen molar-refractivity contribution in [1.82, 2.24) is 16.0 Å². The van der Waals surface area contributed by atoms with E-state index in [0.717, 1.165) is 0 Å². The molecule has 0 aromatic carbocycles. The van der Waals surface area contributed by atoms with Crippen LogP contribution in [0.15, 0.2) is 0 Å². The van der Waals surface area contributed by atoms with Crippen LogP contribution in [0.4, 0.5) is 4.79 Å². The summed E-state index contributed by atoms with van der Waals surface area (Å²) < 4.78 is 4.76. The first-order valence-corrected chi connectivity index (χ1v) is 6.03. The SMILES string of the molecule is COCCNC(=O)CCNC(=O)NC(=O)CCCl. The van der Waals surface area contributed by atoms with E-state index >= 15 is 0 Å². The third-order valence-corrected chi connectivity index (χ3v) is 2.03. The highest BCUT2D eigenvalue weighted by molar-refractivity contribution is 6.19. The number of alkyl halides is 1. The normalized spacial score (nSPS) is 9.67. The highest BCUT2D eigenvalue weighted by atomic mass is 35.5. The van der Waals surface area contributed by atoms with Crippen molar-refractivity contribution in [3.63, 3.8) is 0 Å². The van der Waals surface area contributed by atoms with Crippen molar-refractivity contribution in [2.24, 2.45) is 0 Å². The summed E-state index contributed by atoms with van der Waals surface area (Å²) in [6, 6.07) is -0.630. The molecule has 3 N–H and O–H groups in total. The highest BCUT2D eigenvalue weighted by Crippen LogP contribution is 1.84. The first kappa shape index (κ1) is 16.7. The maximum Gasteiger partial charge on any atom is 0.321 e. The van der Waals surface area contributed by atoms with E-state index in [4.69, 9.17) is 16.3 Å². The van der Waals surface area contributed by atoms with Crippen LogP contribution in [0.25, 0.3) is 0 Å². The molecule has 0 aromatic heterocycles. The lowest BCUT2D eigenvalue weighted by atomic mass is 10.4. The Morgan fingerprint density at radius 2 is 1.78 bits per heavy atom. The molecule has 0 saturated heterocycles. The minimum atomic E-state index is -0.630. The Balaban J connectivity index is 3.55. The molecule has 0 aliphatic heterocycles. The molecule has 0 saturated carbocycles. The Kier molecular flexibility index (Phi) is 9.99. The topological polar surface area (TPSA) is 96.5 Å². The molecule has 0 spiro atoms. The molecular formula is C10H18ClN3O4. The van der Waals surface area contributed by atoms with Gasteiger partial charge >= 0.3 is 6.03 Å². The van der Waals surface area contributed by atoms with Gasteiger partial charge in [-0.05, 0) is 0 Å². The van der Waals surface area contributed by atoms with Crippen molar-refractivity contribution in [1.29, 1.82) is 0 Å². The molecule has 0 atom stereocenters. The second-order valence-electron chi connectivity index (χ2n) is 3.34. The highest BCUT2D eigenvalue weighted by Gasteiger charge is 2.07. The van der Waals surface area contributed by atoms with Crippen LogP contribution in [0.3, 0.4) is 0 Å². The average molecular weight is 280 g/mol. The van der Waals surface area contributed by atoms with Gasteiger partial charge in [-0.2, -0.15) is 0 Å². The Hall–Kier alpha value is -1.34. The Morgan fingerprint density at radius 3 is 2.39 bits per heavy atom. The molecule has 0 radical (unpaired) electrons. The lowest BCUT2D eigenvalue weighted by Gasteiger charge is -2.06. The molecule has 4 amide bonds. The molecule has 8 heteroatoms. The van der Waals surface area contributed by atoms with E-state index in [0.29, 0.717) is 13.2 Å². The summed E-state index contributed by atoms with van der Waals surface area (Å²) in [6.45, 7) is 1.02. The average Bonchev–Trinajstić information content (AvgIpc) is 2.29. The van der Waals surface area contributed by atoms with Crippen molar-refractivity contribution >= 4 is 29.4 Å². The zero-order valence-corrected chi connectivity index (χ0v) is 11.0. The van der Waals surface area contributed by atoms with Crippen LogP contribution >= 0.6 is 11.6 Å². The van der Waals surface area contributed by atoms with Crippen molar-refractivity contribution in [3.05, 3.63) is 0 Å². The molecule has 0 rings (SSSR count). The molecule has 0 bridgehead atoms. The maximum absolute atomic E-state index is 11.2. The zero-order valence-electron chi connectivity index (χ0n) is 10.3. The van der Waals surface area contributed by atoms with Crippen LogP contribution in [0.5, 0.6) is 0 Å². The van der Waals surface area contributed by atoms with Gasteiger partial charge in [0, 0.05) is 38.9 Å². The van der Waals surface area contributed by atoms with Crippen LogP contribution in [0.2, 0.25) is 0 Å². The van der Waals surface area contributed by atoms with Gasteiger partial charge in [0.1, 0.15) is 0 Å². The van der Waals surface area contributed by atoms with Crippen LogP contribution in [-0.2, 0) is 14.3 Å². The van der Waals surface area contributed by atoms with Gasteiger partial charge in [-0.15, -0.1) is 11.6 Å². The van der Waals surface area contributed by atoms with Crippen LogP contribution in [-0.4, -0.2) is 50.5 Å². The smallest absolute Gasteiger partial charge is 0.321 e. The predicted octanol–water partition coefficient (Wildman–Crippen LogP) is -0.406. The standard InChI is InChI=1S/C10H18ClN3O4/c1-18-7-6-12-8(15)3-5-13-10(17)14-9(16)2-4-11/h2-7H2,1H3,(H,12,15)(H2,13,14,16,17). The summed E-state index contributed by atoms with van der Waals surface area (Å²) in [5.41, 5.74) is 0. The van der Waals surface area contributed by atoms with Crippen LogP contribution in [0, 0.1) is 0 Å². The molecular weight excluding hydrogens is 262 g/mol. The van der Waals surface area contributed by atoms with E-state index < -0.39 is 11.9 Å². The summed E-state index contributed by atoms with van der Waals surface area (Å²) in [7, 11) is 1.54. The van der Waals surface area contributed by atoms with E-state index in [1.165, 1.54) is 7.11 Å². The van der Waals surface area contributed by atoms with Gasteiger partial charge in [-0.1, -0.05) is 0 Å². The van der Waals surface area contributed by atoms with Gasteiger partial charge in [0.15, 0.2) is 0 Å². The monoisotopic (exact) mass is 279 g/mol. The molecule has 18 heavy (non-hydrogen) atoms. The fourth-order valence-corrected chi connectivity index (χ4v) is 1.16. The van der Waals surface area contributed by atoms with Gasteiger partial charge in [-0.25, -0.2) is 4.79 Å². The summed E-state index contributed by atoms with van der Waals surface area (Å²) >= 11 is 5.33. The molecule has 0 aliphatic rings. The summed E-state index contributed by atoms with van der Waals surface area (Å²) in [6.07, 6.45) is 0.216. The lowest BCUT2D eigenvalue weighted by Crippen LogP contribution is -2.41. The third kappa shape index (κ3) is 9.86. The van der Waals surface area contributed by atoms with Crippen LogP contribution < -0.4 is 16.0 Å². The summed E-state index contributed by atoms with van der Waals surface area (Å²) in [4.78, 5) is 33.3. The minimum absolute atomic E-state index is 0.0759. The first-order valence-electron chi connectivity index (χ1n) is 5.49. The molecule has 7 nitrogen and oxygen atoms in total. The van der Waals surface area contributed by atoms with Crippen molar-refractivity contribution < 1.29 is 19.1 Å². The number of carbonyl (C=O) groups is 3. The molecule has 0 aromatic rings. The largest absolute Gasteiger partial charge is 0.383 e. The number of ether oxygens (including phenoxy) is 1. The number of carbonyl (C=O) groups excluding carboxylic acids is 3. The summed E-state index contributed by atoms with van der Waals surface area (Å²) in [5, 5.41) is 7.07. The number of rotatable bonds is 8. The van der Waals surface area contributed by atoms with Gasteiger partial charge in [0.2, 0.25) is 11.8 Å². The number of halogens is 1. The quantitative estimate of drug-likeness (QED) is 0.416. The van der Waals surface area contributed by atoms with Gasteiger partial charge in [0.25, 0.3) is 0 Å². The van der Waals surface area contributed by atoms with Crippen LogP contribution in [0.1, 0.15) is 12.8 Å². The molecule has 0 heterocycles. The van der Waals surface area contributed by atoms with E-state index in [2.05, 4.69) is 16.0 Å². The predicted molar refractivity (Wildman–Crippen MR) is 66.4 cm³/mol. The number of nitrogens with one attached hydrogen (secondary N) is 3. The second kappa shape index (κ2) is 10.8. The lowest BCUT2D eigenvalue weighted by molar-refractivity contribution is -0.121. The second-order valence-corrected chi connectivity index (χ2v) is 3.71. The fourth-order valence-electron chi connectivity index (χ4n) is 0.990. The third-order valence-electron chi connectivity index (χ3n) is 1.84. The molecule has 104 valence electrons. The fraction of sp³-hybridized carbons (Fsp3) is 0.700. The van der Waals surface area contributed by atoms with Crippen molar-refractivity contribution in [3.8, 4) is 0 Å². The van der Waals surface area contributed by atoms with Crippen molar-refractivity contribution in [2.45, 2.75) is 12.8 Å². The Labute approximate surface area is 111 Å².